The number of hydrogen-bond acceptors (Lipinski definition) is 6. The van der Waals surface area contributed by atoms with Crippen LogP contribution in [-0.4, -0.2) is 17.1 Å². The van der Waals surface area contributed by atoms with Crippen molar-refractivity contribution in [3.63, 3.8) is 0 Å². The molecule has 3 aromatic rings. The van der Waals surface area contributed by atoms with E-state index in [9.17, 15) is 4.79 Å². The van der Waals surface area contributed by atoms with Crippen molar-refractivity contribution in [2.24, 2.45) is 5.10 Å². The number of aryl methyl sites for hydroxylation is 1. The van der Waals surface area contributed by atoms with Gasteiger partial charge in [-0.2, -0.15) is 5.10 Å². The molecule has 2 aromatic heterocycles. The van der Waals surface area contributed by atoms with Crippen LogP contribution in [-0.2, 0) is 0 Å². The number of amides is 1. The third-order valence-corrected chi connectivity index (χ3v) is 4.31. The van der Waals surface area contributed by atoms with E-state index in [2.05, 4.69) is 20.8 Å². The second-order valence-electron chi connectivity index (χ2n) is 4.84. The van der Waals surface area contributed by atoms with Crippen molar-refractivity contribution in [3.05, 3.63) is 64.0 Å². The fraction of sp³-hybridized carbons (Fsp3) is 0.0625. The van der Waals surface area contributed by atoms with Gasteiger partial charge in [-0.05, 0) is 31.2 Å². The predicted octanol–water partition coefficient (Wildman–Crippen LogP) is 4.21. The molecule has 0 aliphatic heterocycles. The van der Waals surface area contributed by atoms with E-state index in [1.165, 1.54) is 29.4 Å². The van der Waals surface area contributed by atoms with Crippen molar-refractivity contribution in [3.8, 4) is 0 Å². The highest BCUT2D eigenvalue weighted by molar-refractivity contribution is 7.17. The summed E-state index contributed by atoms with van der Waals surface area (Å²) in [5.41, 5.74) is 4.46. The summed E-state index contributed by atoms with van der Waals surface area (Å²) in [5, 5.41) is 7.99. The predicted molar refractivity (Wildman–Crippen MR) is 95.4 cm³/mol. The molecular formula is C16H13ClN4O2S. The molecule has 0 aliphatic carbocycles. The fourth-order valence-corrected chi connectivity index (χ4v) is 2.87. The minimum absolute atomic E-state index is 0.185. The zero-order valence-corrected chi connectivity index (χ0v) is 14.2. The van der Waals surface area contributed by atoms with E-state index in [-0.39, 0.29) is 5.76 Å². The molecule has 0 bridgehead atoms. The van der Waals surface area contributed by atoms with Gasteiger partial charge in [0.05, 0.1) is 17.4 Å². The molecule has 2 heterocycles. The molecule has 0 spiro atoms. The highest BCUT2D eigenvalue weighted by atomic mass is 35.5. The van der Waals surface area contributed by atoms with E-state index in [1.807, 2.05) is 31.2 Å². The van der Waals surface area contributed by atoms with Gasteiger partial charge in [0.2, 0.25) is 0 Å². The standard InChI is InChI=1S/C16H13ClN4O2S/c1-10-4-6-11(7-5-10)19-16-20-14(17)13(24-16)9-18-21-15(22)12-3-2-8-23-12/h2-9H,1H3,(H,19,20)(H,21,22)/b18-9+. The van der Waals surface area contributed by atoms with Crippen molar-refractivity contribution < 1.29 is 9.21 Å². The van der Waals surface area contributed by atoms with Crippen LogP contribution in [0.1, 0.15) is 21.0 Å². The lowest BCUT2D eigenvalue weighted by molar-refractivity contribution is 0.0927. The van der Waals surface area contributed by atoms with Gasteiger partial charge in [0.15, 0.2) is 16.0 Å². The number of aromatic nitrogens is 1. The van der Waals surface area contributed by atoms with E-state index in [0.29, 0.717) is 15.2 Å². The van der Waals surface area contributed by atoms with Gasteiger partial charge in [-0.25, -0.2) is 10.4 Å². The van der Waals surface area contributed by atoms with E-state index < -0.39 is 5.91 Å². The highest BCUT2D eigenvalue weighted by Gasteiger charge is 2.09. The van der Waals surface area contributed by atoms with Crippen molar-refractivity contribution >= 4 is 45.9 Å². The summed E-state index contributed by atoms with van der Waals surface area (Å²) < 4.78 is 4.97. The summed E-state index contributed by atoms with van der Waals surface area (Å²) in [6, 6.07) is 11.1. The Hall–Kier alpha value is -2.64. The summed E-state index contributed by atoms with van der Waals surface area (Å²) in [4.78, 5) is 16.5. The Kier molecular flexibility index (Phi) is 4.93. The van der Waals surface area contributed by atoms with Gasteiger partial charge in [0, 0.05) is 5.69 Å². The van der Waals surface area contributed by atoms with Crippen LogP contribution in [0.15, 0.2) is 52.2 Å². The normalized spacial score (nSPS) is 10.9. The summed E-state index contributed by atoms with van der Waals surface area (Å²) >= 11 is 7.42. The summed E-state index contributed by atoms with van der Waals surface area (Å²) in [6.07, 6.45) is 2.86. The maximum absolute atomic E-state index is 11.7. The summed E-state index contributed by atoms with van der Waals surface area (Å²) in [6.45, 7) is 2.02. The zero-order chi connectivity index (χ0) is 16.9. The van der Waals surface area contributed by atoms with Gasteiger partial charge in [-0.3, -0.25) is 4.79 Å². The Bertz CT molecular complexity index is 857. The van der Waals surface area contributed by atoms with Crippen LogP contribution in [0.5, 0.6) is 0 Å². The lowest BCUT2D eigenvalue weighted by atomic mass is 10.2. The maximum atomic E-state index is 11.7. The third-order valence-electron chi connectivity index (χ3n) is 3.01. The average molecular weight is 361 g/mol. The quantitative estimate of drug-likeness (QED) is 0.527. The summed E-state index contributed by atoms with van der Waals surface area (Å²) in [7, 11) is 0. The number of thiazole rings is 1. The largest absolute Gasteiger partial charge is 0.459 e. The molecule has 3 rings (SSSR count). The van der Waals surface area contributed by atoms with Gasteiger partial charge in [-0.1, -0.05) is 40.6 Å². The van der Waals surface area contributed by atoms with Gasteiger partial charge in [-0.15, -0.1) is 0 Å². The van der Waals surface area contributed by atoms with Gasteiger partial charge in [0.25, 0.3) is 0 Å². The Balaban J connectivity index is 1.64. The highest BCUT2D eigenvalue weighted by Crippen LogP contribution is 2.28. The van der Waals surface area contributed by atoms with Gasteiger partial charge >= 0.3 is 5.91 Å². The Morgan fingerprint density at radius 1 is 1.33 bits per heavy atom. The fourth-order valence-electron chi connectivity index (χ4n) is 1.82. The Morgan fingerprint density at radius 3 is 2.83 bits per heavy atom. The molecule has 0 radical (unpaired) electrons. The Labute approximate surface area is 147 Å². The molecule has 24 heavy (non-hydrogen) atoms. The first-order chi connectivity index (χ1) is 11.6. The zero-order valence-electron chi connectivity index (χ0n) is 12.6. The van der Waals surface area contributed by atoms with E-state index >= 15 is 0 Å². The number of furan rings is 1. The van der Waals surface area contributed by atoms with Crippen molar-refractivity contribution in [1.82, 2.24) is 10.4 Å². The van der Waals surface area contributed by atoms with E-state index in [4.69, 9.17) is 16.0 Å². The molecule has 8 heteroatoms. The molecule has 6 nitrogen and oxygen atoms in total. The second-order valence-corrected chi connectivity index (χ2v) is 6.23. The van der Waals surface area contributed by atoms with Crippen LogP contribution in [0.3, 0.4) is 0 Å². The molecule has 0 atom stereocenters. The van der Waals surface area contributed by atoms with Gasteiger partial charge < -0.3 is 9.73 Å². The van der Waals surface area contributed by atoms with Crippen molar-refractivity contribution in [2.45, 2.75) is 6.92 Å². The molecule has 1 amide bonds. The number of anilines is 2. The van der Waals surface area contributed by atoms with Crippen LogP contribution in [0.25, 0.3) is 0 Å². The van der Waals surface area contributed by atoms with E-state index in [0.717, 1.165) is 5.69 Å². The number of nitrogens with zero attached hydrogens (tertiary/aromatic N) is 2. The lowest BCUT2D eigenvalue weighted by Gasteiger charge is -2.01. The number of nitrogens with one attached hydrogen (secondary N) is 2. The topological polar surface area (TPSA) is 79.5 Å². The number of benzene rings is 1. The number of carbonyl (C=O) groups excluding carboxylic acids is 1. The average Bonchev–Trinajstić information content (AvgIpc) is 3.20. The molecule has 122 valence electrons. The first kappa shape index (κ1) is 16.2. The molecule has 0 saturated carbocycles. The van der Waals surface area contributed by atoms with Crippen LogP contribution in [0.2, 0.25) is 5.15 Å². The number of rotatable bonds is 5. The molecular weight excluding hydrogens is 348 g/mol. The molecule has 1 aromatic carbocycles. The maximum Gasteiger partial charge on any atom is 0.307 e. The van der Waals surface area contributed by atoms with Crippen molar-refractivity contribution in [1.29, 1.82) is 0 Å². The van der Waals surface area contributed by atoms with Crippen LogP contribution in [0.4, 0.5) is 10.8 Å². The molecule has 0 unspecified atom stereocenters. The summed E-state index contributed by atoms with van der Waals surface area (Å²) in [5.74, 6) is -0.251. The SMILES string of the molecule is Cc1ccc(Nc2nc(Cl)c(/C=N/NC(=O)c3ccco3)s2)cc1. The lowest BCUT2D eigenvalue weighted by Crippen LogP contribution is -2.16. The molecule has 0 fully saturated rings. The van der Waals surface area contributed by atoms with Crippen molar-refractivity contribution in [2.75, 3.05) is 5.32 Å². The second kappa shape index (κ2) is 7.29. The number of hydrogen-bond donors (Lipinski definition) is 2. The first-order valence-electron chi connectivity index (χ1n) is 6.99. The first-order valence-corrected chi connectivity index (χ1v) is 8.18. The number of hydrazone groups is 1. The molecule has 0 aliphatic rings. The minimum Gasteiger partial charge on any atom is -0.459 e. The molecule has 2 N–H and O–H groups in total. The van der Waals surface area contributed by atoms with Crippen LogP contribution >= 0.6 is 22.9 Å². The van der Waals surface area contributed by atoms with Crippen LogP contribution in [0, 0.1) is 6.92 Å². The number of carbonyl (C=O) groups is 1. The minimum atomic E-state index is -0.435. The third kappa shape index (κ3) is 4.01. The monoisotopic (exact) mass is 360 g/mol. The Morgan fingerprint density at radius 2 is 2.12 bits per heavy atom. The molecule has 0 saturated heterocycles. The smallest absolute Gasteiger partial charge is 0.307 e. The van der Waals surface area contributed by atoms with Gasteiger partial charge in [0.1, 0.15) is 0 Å². The van der Waals surface area contributed by atoms with E-state index in [1.54, 1.807) is 12.1 Å². The van der Waals surface area contributed by atoms with Crippen LogP contribution < -0.4 is 10.7 Å². The number of halogens is 1.